The van der Waals surface area contributed by atoms with Gasteiger partial charge in [0.15, 0.2) is 11.5 Å². The van der Waals surface area contributed by atoms with E-state index in [0.29, 0.717) is 6.04 Å². The van der Waals surface area contributed by atoms with Crippen LogP contribution in [0.4, 0.5) is 0 Å². The third-order valence-corrected chi connectivity index (χ3v) is 6.55. The summed E-state index contributed by atoms with van der Waals surface area (Å²) in [6.07, 6.45) is 10.3. The first-order valence-corrected chi connectivity index (χ1v) is 12.2. The van der Waals surface area contributed by atoms with Crippen LogP contribution in [0.25, 0.3) is 0 Å². The Morgan fingerprint density at radius 1 is 0.935 bits per heavy atom. The van der Waals surface area contributed by atoms with Crippen molar-refractivity contribution in [3.63, 3.8) is 0 Å². The lowest BCUT2D eigenvalue weighted by atomic mass is 9.86. The molecule has 0 fully saturated rings. The maximum absolute atomic E-state index is 10.1. The number of nitrogens with one attached hydrogen (secondary N) is 1. The van der Waals surface area contributed by atoms with Gasteiger partial charge >= 0.3 is 0 Å². The Hall–Kier alpha value is -2.04. The molecule has 0 heterocycles. The van der Waals surface area contributed by atoms with Crippen molar-refractivity contribution in [1.82, 2.24) is 10.2 Å². The minimum atomic E-state index is 0.0113. The third kappa shape index (κ3) is 7.26. The molecule has 0 spiro atoms. The summed E-state index contributed by atoms with van der Waals surface area (Å²) in [4.78, 5) is 2.66. The second kappa shape index (κ2) is 12.7. The predicted molar refractivity (Wildman–Crippen MR) is 129 cm³/mol. The lowest BCUT2D eigenvalue weighted by Gasteiger charge is -2.35. The molecule has 4 nitrogen and oxygen atoms in total. The van der Waals surface area contributed by atoms with Crippen molar-refractivity contribution in [3.05, 3.63) is 59.2 Å². The normalized spacial score (nSPS) is 15.9. The van der Waals surface area contributed by atoms with Crippen LogP contribution in [0.1, 0.15) is 62.1 Å². The number of hydrogen-bond acceptors (Lipinski definition) is 4. The van der Waals surface area contributed by atoms with E-state index in [1.165, 1.54) is 49.8 Å². The number of aromatic hydroxyl groups is 2. The molecule has 1 aliphatic carbocycles. The summed E-state index contributed by atoms with van der Waals surface area (Å²) in [5.41, 5.74) is 3.56. The Kier molecular flexibility index (Phi) is 9.70. The SMILES string of the molecule is CCCN(CCCCCCNCCc1ccccc1)C1CCc2c(ccc(O)c2O)C1. The molecule has 1 unspecified atom stereocenters. The monoisotopic (exact) mass is 424 g/mol. The van der Waals surface area contributed by atoms with E-state index in [2.05, 4.69) is 47.5 Å². The molecule has 1 aliphatic rings. The molecule has 3 N–H and O–H groups in total. The van der Waals surface area contributed by atoms with Crippen LogP contribution in [0.2, 0.25) is 0 Å². The number of fused-ring (bicyclic) bond motifs is 1. The van der Waals surface area contributed by atoms with Gasteiger partial charge in [0.2, 0.25) is 0 Å². The summed E-state index contributed by atoms with van der Waals surface area (Å²) in [5.74, 6) is 0.104. The smallest absolute Gasteiger partial charge is 0.160 e. The molecule has 2 aromatic carbocycles. The van der Waals surface area contributed by atoms with Crippen molar-refractivity contribution in [2.24, 2.45) is 0 Å². The topological polar surface area (TPSA) is 55.7 Å². The Morgan fingerprint density at radius 2 is 1.74 bits per heavy atom. The molecular formula is C27H40N2O2. The maximum Gasteiger partial charge on any atom is 0.160 e. The molecular weight excluding hydrogens is 384 g/mol. The van der Waals surface area contributed by atoms with Crippen LogP contribution in [-0.2, 0) is 19.3 Å². The number of phenolic OH excluding ortho intramolecular Hbond substituents is 2. The van der Waals surface area contributed by atoms with Gasteiger partial charge in [0.25, 0.3) is 0 Å². The molecule has 0 aliphatic heterocycles. The molecule has 0 radical (unpaired) electrons. The van der Waals surface area contributed by atoms with E-state index in [4.69, 9.17) is 0 Å². The molecule has 31 heavy (non-hydrogen) atoms. The highest BCUT2D eigenvalue weighted by molar-refractivity contribution is 5.50. The minimum Gasteiger partial charge on any atom is -0.504 e. The highest BCUT2D eigenvalue weighted by Crippen LogP contribution is 2.36. The minimum absolute atomic E-state index is 0.0113. The zero-order valence-corrected chi connectivity index (χ0v) is 19.2. The summed E-state index contributed by atoms with van der Waals surface area (Å²) in [7, 11) is 0. The van der Waals surface area contributed by atoms with Crippen LogP contribution >= 0.6 is 0 Å². The number of benzene rings is 2. The quantitative estimate of drug-likeness (QED) is 0.311. The number of hydrogen-bond donors (Lipinski definition) is 3. The summed E-state index contributed by atoms with van der Waals surface area (Å²) in [6.45, 7) is 6.74. The second-order valence-corrected chi connectivity index (χ2v) is 8.90. The largest absolute Gasteiger partial charge is 0.504 e. The average Bonchev–Trinajstić information content (AvgIpc) is 2.80. The van der Waals surface area contributed by atoms with Gasteiger partial charge in [0, 0.05) is 11.6 Å². The maximum atomic E-state index is 10.1. The fourth-order valence-electron chi connectivity index (χ4n) is 4.80. The highest BCUT2D eigenvalue weighted by atomic mass is 16.3. The van der Waals surface area contributed by atoms with Crippen LogP contribution < -0.4 is 5.32 Å². The van der Waals surface area contributed by atoms with Crippen LogP contribution in [0, 0.1) is 0 Å². The number of nitrogens with zero attached hydrogens (tertiary/aromatic N) is 1. The van der Waals surface area contributed by atoms with Gasteiger partial charge in [-0.2, -0.15) is 0 Å². The molecule has 3 rings (SSSR count). The molecule has 0 bridgehead atoms. The van der Waals surface area contributed by atoms with Crippen LogP contribution in [-0.4, -0.2) is 47.3 Å². The summed E-state index contributed by atoms with van der Waals surface area (Å²) >= 11 is 0. The molecule has 170 valence electrons. The van der Waals surface area contributed by atoms with Gasteiger partial charge in [-0.15, -0.1) is 0 Å². The Balaban J connectivity index is 1.31. The molecule has 0 saturated heterocycles. The fraction of sp³-hybridized carbons (Fsp3) is 0.556. The van der Waals surface area contributed by atoms with E-state index >= 15 is 0 Å². The summed E-state index contributed by atoms with van der Waals surface area (Å²) in [6, 6.07) is 14.9. The molecule has 1 atom stereocenters. The van der Waals surface area contributed by atoms with Gasteiger partial charge < -0.3 is 20.4 Å². The van der Waals surface area contributed by atoms with E-state index in [-0.39, 0.29) is 11.5 Å². The predicted octanol–water partition coefficient (Wildman–Crippen LogP) is 5.06. The van der Waals surface area contributed by atoms with E-state index < -0.39 is 0 Å². The molecule has 2 aromatic rings. The first-order chi connectivity index (χ1) is 15.2. The number of unbranched alkanes of at least 4 members (excludes halogenated alkanes) is 3. The number of phenols is 2. The number of rotatable bonds is 13. The van der Waals surface area contributed by atoms with E-state index in [1.807, 2.05) is 6.07 Å². The molecule has 0 saturated carbocycles. The van der Waals surface area contributed by atoms with Crippen molar-refractivity contribution in [2.75, 3.05) is 26.2 Å². The van der Waals surface area contributed by atoms with E-state index in [1.54, 1.807) is 6.07 Å². The van der Waals surface area contributed by atoms with Crippen LogP contribution in [0.3, 0.4) is 0 Å². The van der Waals surface area contributed by atoms with Crippen molar-refractivity contribution in [2.45, 2.75) is 70.8 Å². The van der Waals surface area contributed by atoms with Gasteiger partial charge in [-0.05, 0) is 88.3 Å². The Morgan fingerprint density at radius 3 is 2.55 bits per heavy atom. The zero-order chi connectivity index (χ0) is 21.9. The van der Waals surface area contributed by atoms with Gasteiger partial charge in [-0.3, -0.25) is 0 Å². The van der Waals surface area contributed by atoms with E-state index in [9.17, 15) is 10.2 Å². The highest BCUT2D eigenvalue weighted by Gasteiger charge is 2.26. The van der Waals surface area contributed by atoms with Crippen LogP contribution in [0.15, 0.2) is 42.5 Å². The van der Waals surface area contributed by atoms with E-state index in [0.717, 1.165) is 50.9 Å². The first kappa shape index (κ1) is 23.6. The molecule has 0 aromatic heterocycles. The van der Waals surface area contributed by atoms with Crippen molar-refractivity contribution >= 4 is 0 Å². The van der Waals surface area contributed by atoms with Crippen LogP contribution in [0.5, 0.6) is 11.5 Å². The molecule has 0 amide bonds. The van der Waals surface area contributed by atoms with Crippen molar-refractivity contribution < 1.29 is 10.2 Å². The third-order valence-electron chi connectivity index (χ3n) is 6.55. The van der Waals surface area contributed by atoms with Crippen molar-refractivity contribution in [1.29, 1.82) is 0 Å². The average molecular weight is 425 g/mol. The van der Waals surface area contributed by atoms with Crippen molar-refractivity contribution in [3.8, 4) is 11.5 Å². The lowest BCUT2D eigenvalue weighted by Crippen LogP contribution is -2.40. The van der Waals surface area contributed by atoms with Gasteiger partial charge in [0.05, 0.1) is 0 Å². The Bertz CT molecular complexity index is 778. The summed E-state index contributed by atoms with van der Waals surface area (Å²) < 4.78 is 0. The fourth-order valence-corrected chi connectivity index (χ4v) is 4.80. The molecule has 4 heteroatoms. The second-order valence-electron chi connectivity index (χ2n) is 8.90. The first-order valence-electron chi connectivity index (χ1n) is 12.2. The zero-order valence-electron chi connectivity index (χ0n) is 19.2. The lowest BCUT2D eigenvalue weighted by molar-refractivity contribution is 0.175. The van der Waals surface area contributed by atoms with Gasteiger partial charge in [-0.25, -0.2) is 0 Å². The van der Waals surface area contributed by atoms with Gasteiger partial charge in [0.1, 0.15) is 0 Å². The summed E-state index contributed by atoms with van der Waals surface area (Å²) in [5, 5.41) is 23.5. The van der Waals surface area contributed by atoms with Gasteiger partial charge in [-0.1, -0.05) is 56.2 Å². The standard InChI is InChI=1S/C27H40N2O2/c1-2-19-29(24-13-14-25-23(21-24)12-15-26(30)27(25)31)20-9-4-3-8-17-28-18-16-22-10-6-5-7-11-22/h5-7,10-12,15,24,28,30-31H,2-4,8-9,13-14,16-21H2,1H3. The Labute approximate surface area is 188 Å².